The quantitative estimate of drug-likeness (QED) is 0.468. The third-order valence-corrected chi connectivity index (χ3v) is 6.65. The number of carbonyl (C=O) groups is 2. The highest BCUT2D eigenvalue weighted by Gasteiger charge is 2.23. The molecule has 1 saturated carbocycles. The van der Waals surface area contributed by atoms with Crippen molar-refractivity contribution in [2.75, 3.05) is 26.8 Å². The van der Waals surface area contributed by atoms with Crippen LogP contribution >= 0.6 is 0 Å². The first-order chi connectivity index (χ1) is 17.1. The number of benzene rings is 2. The monoisotopic (exact) mass is 475 g/mol. The van der Waals surface area contributed by atoms with Gasteiger partial charge in [0.05, 0.1) is 30.5 Å². The lowest BCUT2D eigenvalue weighted by Gasteiger charge is -2.28. The molecule has 0 radical (unpaired) electrons. The second-order valence-corrected chi connectivity index (χ2v) is 9.00. The fourth-order valence-corrected chi connectivity index (χ4v) is 4.68. The Balaban J connectivity index is 1.40. The summed E-state index contributed by atoms with van der Waals surface area (Å²) in [6, 6.07) is 17.3. The predicted octanol–water partition coefficient (Wildman–Crippen LogP) is 5.19. The normalized spacial score (nSPS) is 17.5. The van der Waals surface area contributed by atoms with E-state index in [1.165, 1.54) is 0 Å². The first-order valence-corrected chi connectivity index (χ1v) is 12.3. The fraction of sp³-hybridized carbons (Fsp3) is 0.393. The lowest BCUT2D eigenvalue weighted by Crippen LogP contribution is -2.34. The Morgan fingerprint density at radius 2 is 1.66 bits per heavy atom. The molecule has 1 aliphatic rings. The molecule has 0 spiro atoms. The second kappa shape index (κ2) is 11.7. The number of fused-ring (bicyclic) bond motifs is 1. The summed E-state index contributed by atoms with van der Waals surface area (Å²) in [5.41, 5.74) is 3.05. The minimum absolute atomic E-state index is 0.0844. The van der Waals surface area contributed by atoms with Crippen molar-refractivity contribution in [2.45, 2.75) is 32.6 Å². The van der Waals surface area contributed by atoms with Crippen molar-refractivity contribution in [3.05, 3.63) is 60.2 Å². The van der Waals surface area contributed by atoms with E-state index in [0.29, 0.717) is 37.1 Å². The number of pyridine rings is 1. The number of hydrogen-bond donors (Lipinski definition) is 2. The number of amides is 2. The summed E-state index contributed by atoms with van der Waals surface area (Å²) in [6.45, 7) is 3.47. The van der Waals surface area contributed by atoms with Gasteiger partial charge in [0, 0.05) is 24.0 Å². The van der Waals surface area contributed by atoms with Gasteiger partial charge in [0.1, 0.15) is 5.75 Å². The maximum Gasteiger partial charge on any atom is 0.407 e. The van der Waals surface area contributed by atoms with Gasteiger partial charge in [0.15, 0.2) is 0 Å². The van der Waals surface area contributed by atoms with E-state index in [0.717, 1.165) is 53.6 Å². The first-order valence-electron chi connectivity index (χ1n) is 12.3. The number of alkyl carbamates (subject to hydrolysis) is 1. The number of hydrogen-bond acceptors (Lipinski definition) is 5. The van der Waals surface area contributed by atoms with Crippen molar-refractivity contribution in [3.8, 4) is 17.0 Å². The number of carbonyl (C=O) groups excluding carboxylic acids is 2. The van der Waals surface area contributed by atoms with Gasteiger partial charge < -0.3 is 20.1 Å². The van der Waals surface area contributed by atoms with Crippen LogP contribution in [0.5, 0.6) is 5.75 Å². The van der Waals surface area contributed by atoms with Crippen molar-refractivity contribution in [1.82, 2.24) is 15.6 Å². The summed E-state index contributed by atoms with van der Waals surface area (Å²) in [6.07, 6.45) is 3.78. The van der Waals surface area contributed by atoms with Crippen LogP contribution in [-0.4, -0.2) is 43.8 Å². The number of nitrogens with one attached hydrogen (secondary N) is 2. The van der Waals surface area contributed by atoms with Gasteiger partial charge in [0.2, 0.25) is 0 Å². The Hall–Kier alpha value is -3.61. The van der Waals surface area contributed by atoms with Crippen LogP contribution in [0.1, 0.15) is 43.0 Å². The maximum absolute atomic E-state index is 13.3. The lowest BCUT2D eigenvalue weighted by atomic mass is 9.82. The van der Waals surface area contributed by atoms with Crippen LogP contribution in [-0.2, 0) is 4.74 Å². The van der Waals surface area contributed by atoms with Gasteiger partial charge in [-0.1, -0.05) is 30.3 Å². The molecule has 2 aromatic carbocycles. The molecule has 0 atom stereocenters. The molecule has 184 valence electrons. The number of methoxy groups -OCH3 is 1. The molecule has 2 amide bonds. The molecule has 0 aliphatic heterocycles. The minimum atomic E-state index is -0.347. The zero-order valence-corrected chi connectivity index (χ0v) is 20.4. The number of nitrogens with zero attached hydrogens (tertiary/aromatic N) is 1. The fourth-order valence-electron chi connectivity index (χ4n) is 4.68. The summed E-state index contributed by atoms with van der Waals surface area (Å²) in [7, 11) is 1.64. The van der Waals surface area contributed by atoms with Gasteiger partial charge in [-0.05, 0) is 68.7 Å². The molecular weight excluding hydrogens is 442 g/mol. The van der Waals surface area contributed by atoms with E-state index >= 15 is 0 Å². The van der Waals surface area contributed by atoms with Gasteiger partial charge in [0.25, 0.3) is 5.91 Å². The van der Waals surface area contributed by atoms with Crippen molar-refractivity contribution >= 4 is 22.9 Å². The Labute approximate surface area is 206 Å². The van der Waals surface area contributed by atoms with Crippen molar-refractivity contribution < 1.29 is 19.1 Å². The highest BCUT2D eigenvalue weighted by molar-refractivity contribution is 6.07. The maximum atomic E-state index is 13.3. The predicted molar refractivity (Wildman–Crippen MR) is 137 cm³/mol. The number of ether oxygens (including phenoxy) is 2. The molecule has 0 bridgehead atoms. The van der Waals surface area contributed by atoms with E-state index in [4.69, 9.17) is 14.5 Å². The van der Waals surface area contributed by atoms with E-state index in [2.05, 4.69) is 10.6 Å². The molecule has 35 heavy (non-hydrogen) atoms. The smallest absolute Gasteiger partial charge is 0.407 e. The molecule has 1 aliphatic carbocycles. The van der Waals surface area contributed by atoms with Crippen LogP contribution in [0, 0.1) is 11.8 Å². The van der Waals surface area contributed by atoms with Crippen LogP contribution < -0.4 is 15.4 Å². The molecule has 1 fully saturated rings. The zero-order chi connectivity index (χ0) is 24.6. The van der Waals surface area contributed by atoms with Crippen molar-refractivity contribution in [3.63, 3.8) is 0 Å². The molecule has 0 saturated heterocycles. The Bertz CT molecular complexity index is 1170. The molecule has 1 heterocycles. The third kappa shape index (κ3) is 6.29. The topological polar surface area (TPSA) is 89.6 Å². The Morgan fingerprint density at radius 1 is 0.943 bits per heavy atom. The number of aromatic nitrogens is 1. The first kappa shape index (κ1) is 24.5. The van der Waals surface area contributed by atoms with Gasteiger partial charge in [-0.3, -0.25) is 4.79 Å². The Kier molecular flexibility index (Phi) is 8.19. The summed E-state index contributed by atoms with van der Waals surface area (Å²) >= 11 is 0. The average molecular weight is 476 g/mol. The van der Waals surface area contributed by atoms with Crippen molar-refractivity contribution in [1.29, 1.82) is 0 Å². The summed E-state index contributed by atoms with van der Waals surface area (Å²) in [5.74, 6) is 1.56. The molecule has 7 nitrogen and oxygen atoms in total. The minimum Gasteiger partial charge on any atom is -0.497 e. The van der Waals surface area contributed by atoms with Gasteiger partial charge >= 0.3 is 6.09 Å². The molecule has 0 unspecified atom stereocenters. The van der Waals surface area contributed by atoms with E-state index in [1.807, 2.05) is 54.6 Å². The van der Waals surface area contributed by atoms with Crippen LogP contribution in [0.15, 0.2) is 54.6 Å². The van der Waals surface area contributed by atoms with Crippen LogP contribution in [0.2, 0.25) is 0 Å². The molecule has 7 heteroatoms. The standard InChI is InChI=1S/C28H33N3O4/c1-3-35-28(33)30-18-20-13-11-19(12-14-20)17-29-27(32)24-16-26(21-7-6-8-22(15-21)34-2)31-25-10-5-4-9-23(24)25/h4-10,15-16,19-20H,3,11-14,17-18H2,1-2H3,(H,29,32)(H,30,33)/t19-,20-. The molecule has 4 rings (SSSR count). The highest BCUT2D eigenvalue weighted by atomic mass is 16.5. The van der Waals surface area contributed by atoms with Crippen LogP contribution in [0.25, 0.3) is 22.2 Å². The lowest BCUT2D eigenvalue weighted by molar-refractivity contribution is 0.0942. The SMILES string of the molecule is CCOC(=O)NC[C@H]1CC[C@H](CNC(=O)c2cc(-c3cccc(OC)c3)nc3ccccc23)CC1. The van der Waals surface area contributed by atoms with Crippen molar-refractivity contribution in [2.24, 2.45) is 11.8 Å². The number of rotatable bonds is 8. The Morgan fingerprint density at radius 3 is 2.37 bits per heavy atom. The third-order valence-electron chi connectivity index (χ3n) is 6.65. The number of para-hydroxylation sites is 1. The summed E-state index contributed by atoms with van der Waals surface area (Å²) < 4.78 is 10.3. The van der Waals surface area contributed by atoms with E-state index in [9.17, 15) is 9.59 Å². The van der Waals surface area contributed by atoms with E-state index < -0.39 is 0 Å². The molecule has 1 aromatic heterocycles. The average Bonchev–Trinajstić information content (AvgIpc) is 2.90. The zero-order valence-electron chi connectivity index (χ0n) is 20.4. The van der Waals surface area contributed by atoms with Gasteiger partial charge in [-0.15, -0.1) is 0 Å². The largest absolute Gasteiger partial charge is 0.497 e. The molecule has 2 N–H and O–H groups in total. The van der Waals surface area contributed by atoms with E-state index in [-0.39, 0.29) is 12.0 Å². The van der Waals surface area contributed by atoms with Crippen LogP contribution in [0.3, 0.4) is 0 Å². The van der Waals surface area contributed by atoms with Gasteiger partial charge in [-0.2, -0.15) is 0 Å². The highest BCUT2D eigenvalue weighted by Crippen LogP contribution is 2.29. The summed E-state index contributed by atoms with van der Waals surface area (Å²) in [5, 5.41) is 6.84. The second-order valence-electron chi connectivity index (χ2n) is 9.00. The van der Waals surface area contributed by atoms with Crippen LogP contribution in [0.4, 0.5) is 4.79 Å². The van der Waals surface area contributed by atoms with Gasteiger partial charge in [-0.25, -0.2) is 9.78 Å². The summed E-state index contributed by atoms with van der Waals surface area (Å²) in [4.78, 5) is 29.6. The van der Waals surface area contributed by atoms with E-state index in [1.54, 1.807) is 14.0 Å². The molecular formula is C28H33N3O4. The molecule has 3 aromatic rings.